The van der Waals surface area contributed by atoms with E-state index >= 15 is 0 Å². The van der Waals surface area contributed by atoms with Gasteiger partial charge in [0.1, 0.15) is 0 Å². The summed E-state index contributed by atoms with van der Waals surface area (Å²) in [6.07, 6.45) is 8.33. The van der Waals surface area contributed by atoms with Gasteiger partial charge in [0.25, 0.3) is 0 Å². The molecule has 0 aromatic carbocycles. The highest BCUT2D eigenvalue weighted by Crippen LogP contribution is 2.44. The second-order valence-electron chi connectivity index (χ2n) is 7.95. The molecule has 118 valence electrons. The molecule has 2 aliphatic rings. The summed E-state index contributed by atoms with van der Waals surface area (Å²) in [6.45, 7) is 13.0. The van der Waals surface area contributed by atoms with E-state index in [-0.39, 0.29) is 0 Å². The standard InChI is InChI=1S/C18H36N2/c1-5-18(3,4)16-10-9-15(12-19)17(11-16)20(6-2)13-14-7-8-14/h14-17H,5-13,19H2,1-4H3. The van der Waals surface area contributed by atoms with Crippen molar-refractivity contribution in [2.45, 2.75) is 72.3 Å². The van der Waals surface area contributed by atoms with Crippen LogP contribution in [0, 0.1) is 23.2 Å². The first kappa shape index (κ1) is 16.3. The third kappa shape index (κ3) is 3.76. The quantitative estimate of drug-likeness (QED) is 0.766. The number of hydrogen-bond acceptors (Lipinski definition) is 2. The summed E-state index contributed by atoms with van der Waals surface area (Å²) in [5, 5.41) is 0. The van der Waals surface area contributed by atoms with Crippen molar-refractivity contribution >= 4 is 0 Å². The van der Waals surface area contributed by atoms with Gasteiger partial charge in [0.05, 0.1) is 0 Å². The highest BCUT2D eigenvalue weighted by molar-refractivity contribution is 4.93. The van der Waals surface area contributed by atoms with E-state index in [0.29, 0.717) is 5.41 Å². The molecule has 0 aromatic rings. The van der Waals surface area contributed by atoms with Crippen LogP contribution in [-0.4, -0.2) is 30.6 Å². The van der Waals surface area contributed by atoms with Gasteiger partial charge in [0.15, 0.2) is 0 Å². The molecule has 2 saturated carbocycles. The molecule has 0 aromatic heterocycles. The van der Waals surface area contributed by atoms with Crippen LogP contribution in [0.15, 0.2) is 0 Å². The van der Waals surface area contributed by atoms with Crippen molar-refractivity contribution in [1.29, 1.82) is 0 Å². The van der Waals surface area contributed by atoms with E-state index in [9.17, 15) is 0 Å². The molecule has 3 atom stereocenters. The van der Waals surface area contributed by atoms with Crippen LogP contribution in [-0.2, 0) is 0 Å². The van der Waals surface area contributed by atoms with Gasteiger partial charge in [-0.2, -0.15) is 0 Å². The topological polar surface area (TPSA) is 29.3 Å². The summed E-state index contributed by atoms with van der Waals surface area (Å²) in [5.74, 6) is 2.61. The van der Waals surface area contributed by atoms with Crippen LogP contribution in [0.25, 0.3) is 0 Å². The Hall–Kier alpha value is -0.0800. The Labute approximate surface area is 126 Å². The second-order valence-corrected chi connectivity index (χ2v) is 7.95. The Bertz CT molecular complexity index is 296. The van der Waals surface area contributed by atoms with Crippen LogP contribution in [0.5, 0.6) is 0 Å². The molecule has 2 N–H and O–H groups in total. The largest absolute Gasteiger partial charge is 0.330 e. The lowest BCUT2D eigenvalue weighted by atomic mass is 9.65. The van der Waals surface area contributed by atoms with Gasteiger partial charge in [0, 0.05) is 12.6 Å². The van der Waals surface area contributed by atoms with Crippen molar-refractivity contribution < 1.29 is 0 Å². The predicted octanol–water partition coefficient (Wildman–Crippen LogP) is 3.90. The van der Waals surface area contributed by atoms with Gasteiger partial charge in [-0.25, -0.2) is 0 Å². The lowest BCUT2D eigenvalue weighted by Crippen LogP contribution is -2.49. The van der Waals surface area contributed by atoms with Crippen LogP contribution in [0.1, 0.15) is 66.2 Å². The minimum atomic E-state index is 0.497. The molecule has 20 heavy (non-hydrogen) atoms. The van der Waals surface area contributed by atoms with E-state index in [1.54, 1.807) is 0 Å². The molecule has 2 aliphatic carbocycles. The Kier molecular flexibility index (Phi) is 5.53. The fraction of sp³-hybridized carbons (Fsp3) is 1.00. The Balaban J connectivity index is 2.04. The zero-order valence-corrected chi connectivity index (χ0v) is 14.2. The van der Waals surface area contributed by atoms with Gasteiger partial charge >= 0.3 is 0 Å². The Morgan fingerprint density at radius 3 is 2.30 bits per heavy atom. The third-order valence-corrected chi connectivity index (χ3v) is 6.34. The van der Waals surface area contributed by atoms with Crippen molar-refractivity contribution in [1.82, 2.24) is 4.90 Å². The number of hydrogen-bond donors (Lipinski definition) is 1. The number of rotatable bonds is 7. The summed E-state index contributed by atoms with van der Waals surface area (Å²) in [4.78, 5) is 2.77. The summed E-state index contributed by atoms with van der Waals surface area (Å²) in [6, 6.07) is 0.746. The maximum Gasteiger partial charge on any atom is 0.0138 e. The van der Waals surface area contributed by atoms with Gasteiger partial charge in [-0.1, -0.05) is 34.1 Å². The molecule has 0 aliphatic heterocycles. The average molecular weight is 280 g/mol. The van der Waals surface area contributed by atoms with Gasteiger partial charge in [-0.05, 0) is 68.4 Å². The van der Waals surface area contributed by atoms with Gasteiger partial charge in [-0.3, -0.25) is 0 Å². The van der Waals surface area contributed by atoms with Crippen LogP contribution in [0.3, 0.4) is 0 Å². The maximum atomic E-state index is 6.09. The predicted molar refractivity (Wildman–Crippen MR) is 87.7 cm³/mol. The van der Waals surface area contributed by atoms with Gasteiger partial charge < -0.3 is 10.6 Å². The average Bonchev–Trinajstić information content (AvgIpc) is 3.28. The lowest BCUT2D eigenvalue weighted by Gasteiger charge is -2.47. The van der Waals surface area contributed by atoms with E-state index < -0.39 is 0 Å². The highest BCUT2D eigenvalue weighted by atomic mass is 15.2. The van der Waals surface area contributed by atoms with E-state index in [4.69, 9.17) is 5.73 Å². The van der Waals surface area contributed by atoms with Crippen molar-refractivity contribution in [3.05, 3.63) is 0 Å². The van der Waals surface area contributed by atoms with Crippen LogP contribution in [0.4, 0.5) is 0 Å². The fourth-order valence-corrected chi connectivity index (χ4v) is 4.06. The maximum absolute atomic E-state index is 6.09. The normalized spacial score (nSPS) is 31.8. The van der Waals surface area contributed by atoms with E-state index in [1.807, 2.05) is 0 Å². The van der Waals surface area contributed by atoms with Gasteiger partial charge in [-0.15, -0.1) is 0 Å². The summed E-state index contributed by atoms with van der Waals surface area (Å²) >= 11 is 0. The molecular formula is C18H36N2. The van der Waals surface area contributed by atoms with Crippen molar-refractivity contribution in [3.8, 4) is 0 Å². The molecule has 2 rings (SSSR count). The van der Waals surface area contributed by atoms with Crippen LogP contribution >= 0.6 is 0 Å². The molecule has 0 saturated heterocycles. The van der Waals surface area contributed by atoms with Crippen molar-refractivity contribution in [2.75, 3.05) is 19.6 Å². The van der Waals surface area contributed by atoms with Crippen molar-refractivity contribution in [3.63, 3.8) is 0 Å². The second kappa shape index (κ2) is 6.79. The fourth-order valence-electron chi connectivity index (χ4n) is 4.06. The van der Waals surface area contributed by atoms with Gasteiger partial charge in [0.2, 0.25) is 0 Å². The minimum absolute atomic E-state index is 0.497. The monoisotopic (exact) mass is 280 g/mol. The molecule has 0 heterocycles. The first-order chi connectivity index (χ1) is 9.51. The van der Waals surface area contributed by atoms with E-state index in [2.05, 4.69) is 32.6 Å². The summed E-state index contributed by atoms with van der Waals surface area (Å²) < 4.78 is 0. The first-order valence-electron chi connectivity index (χ1n) is 8.95. The molecule has 0 radical (unpaired) electrons. The molecule has 0 bridgehead atoms. The van der Waals surface area contributed by atoms with Crippen LogP contribution in [0.2, 0.25) is 0 Å². The Morgan fingerprint density at radius 1 is 1.10 bits per heavy atom. The molecule has 0 amide bonds. The molecule has 2 fully saturated rings. The summed E-state index contributed by atoms with van der Waals surface area (Å²) in [5.41, 5.74) is 6.59. The molecule has 3 unspecified atom stereocenters. The molecule has 2 nitrogen and oxygen atoms in total. The lowest BCUT2D eigenvalue weighted by molar-refractivity contribution is 0.0377. The molecule has 0 spiro atoms. The number of nitrogens with zero attached hydrogens (tertiary/aromatic N) is 1. The zero-order valence-electron chi connectivity index (χ0n) is 14.2. The Morgan fingerprint density at radius 2 is 1.80 bits per heavy atom. The van der Waals surface area contributed by atoms with Crippen molar-refractivity contribution in [2.24, 2.45) is 28.9 Å². The molecular weight excluding hydrogens is 244 g/mol. The third-order valence-electron chi connectivity index (χ3n) is 6.34. The smallest absolute Gasteiger partial charge is 0.0138 e. The molecule has 2 heteroatoms. The zero-order chi connectivity index (χ0) is 14.8. The first-order valence-corrected chi connectivity index (χ1v) is 8.95. The highest BCUT2D eigenvalue weighted by Gasteiger charge is 2.39. The minimum Gasteiger partial charge on any atom is -0.330 e. The number of nitrogens with two attached hydrogens (primary N) is 1. The van der Waals surface area contributed by atoms with E-state index in [1.165, 1.54) is 51.6 Å². The summed E-state index contributed by atoms with van der Waals surface area (Å²) in [7, 11) is 0. The SMILES string of the molecule is CCN(CC1CC1)C1CC(C(C)(C)CC)CCC1CN. The van der Waals surface area contributed by atoms with Crippen LogP contribution < -0.4 is 5.73 Å². The van der Waals surface area contributed by atoms with E-state index in [0.717, 1.165) is 30.3 Å².